The highest BCUT2D eigenvalue weighted by Crippen LogP contribution is 2.38. The van der Waals surface area contributed by atoms with Crippen molar-refractivity contribution >= 4 is 26.9 Å². The highest BCUT2D eigenvalue weighted by molar-refractivity contribution is 7.90. The Balaban J connectivity index is 1.56. The molecule has 0 N–H and O–H groups in total. The zero-order valence-electron chi connectivity index (χ0n) is 24.7. The van der Waals surface area contributed by atoms with Crippen molar-refractivity contribution in [2.75, 3.05) is 27.4 Å². The summed E-state index contributed by atoms with van der Waals surface area (Å²) in [6, 6.07) is 16.2. The quantitative estimate of drug-likeness (QED) is 0.238. The molecule has 2 atom stereocenters. The fourth-order valence-electron chi connectivity index (χ4n) is 5.81. The van der Waals surface area contributed by atoms with Gasteiger partial charge in [0.2, 0.25) is 0 Å². The Morgan fingerprint density at radius 3 is 2.40 bits per heavy atom. The monoisotopic (exact) mass is 591 g/mol. The van der Waals surface area contributed by atoms with Gasteiger partial charge < -0.3 is 14.2 Å². The van der Waals surface area contributed by atoms with Gasteiger partial charge in [0.05, 0.1) is 42.5 Å². The molecule has 1 aliphatic heterocycles. The van der Waals surface area contributed by atoms with E-state index in [9.17, 15) is 13.2 Å². The molecule has 0 spiro atoms. The van der Waals surface area contributed by atoms with Crippen molar-refractivity contribution in [2.45, 2.75) is 57.2 Å². The van der Waals surface area contributed by atoms with Crippen LogP contribution in [0.15, 0.2) is 65.7 Å². The average Bonchev–Trinajstić information content (AvgIpc) is 3.46. The largest absolute Gasteiger partial charge is 0.496 e. The first-order valence-electron chi connectivity index (χ1n) is 14.1. The number of hydrogen-bond acceptors (Lipinski definition) is 8. The molecule has 0 bridgehead atoms. The molecule has 0 aliphatic carbocycles. The van der Waals surface area contributed by atoms with E-state index in [4.69, 9.17) is 14.2 Å². The average molecular weight is 592 g/mol. The molecule has 10 heteroatoms. The molecule has 9 nitrogen and oxygen atoms in total. The maximum absolute atomic E-state index is 13.7. The Morgan fingerprint density at radius 1 is 1.05 bits per heavy atom. The van der Waals surface area contributed by atoms with Crippen LogP contribution < -0.4 is 4.74 Å². The molecule has 0 radical (unpaired) electrons. The molecule has 1 aliphatic rings. The lowest BCUT2D eigenvalue weighted by Gasteiger charge is -2.40. The van der Waals surface area contributed by atoms with E-state index in [1.54, 1.807) is 49.7 Å². The summed E-state index contributed by atoms with van der Waals surface area (Å²) < 4.78 is 45.2. The highest BCUT2D eigenvalue weighted by Gasteiger charge is 2.32. The number of ether oxygens (including phenoxy) is 3. The van der Waals surface area contributed by atoms with E-state index < -0.39 is 10.0 Å². The molecule has 0 saturated carbocycles. The smallest absolute Gasteiger partial charge is 0.337 e. The number of benzene rings is 3. The normalized spacial score (nSPS) is 17.8. The van der Waals surface area contributed by atoms with Gasteiger partial charge in [-0.25, -0.2) is 4.79 Å². The lowest BCUT2D eigenvalue weighted by molar-refractivity contribution is -0.0138. The second-order valence-electron chi connectivity index (χ2n) is 10.6. The van der Waals surface area contributed by atoms with Gasteiger partial charge in [0.25, 0.3) is 10.0 Å². The number of carbonyl (C=O) groups excluding carboxylic acids is 1. The minimum Gasteiger partial charge on any atom is -0.496 e. The first kappa shape index (κ1) is 29.8. The first-order chi connectivity index (χ1) is 20.2. The summed E-state index contributed by atoms with van der Waals surface area (Å²) in [6.07, 6.45) is 3.38. The summed E-state index contributed by atoms with van der Waals surface area (Å²) in [5.74, 6) is 0.303. The summed E-state index contributed by atoms with van der Waals surface area (Å²) in [6.45, 7) is 7.71. The fraction of sp³-hybridized carbons (Fsp3) is 0.375. The molecule has 0 amide bonds. The summed E-state index contributed by atoms with van der Waals surface area (Å²) in [4.78, 5) is 14.6. The summed E-state index contributed by atoms with van der Waals surface area (Å²) >= 11 is 0. The topological polar surface area (TPSA) is 100.0 Å². The van der Waals surface area contributed by atoms with Gasteiger partial charge >= 0.3 is 5.97 Å². The molecule has 4 aromatic rings. The van der Waals surface area contributed by atoms with Crippen molar-refractivity contribution in [3.05, 3.63) is 88.6 Å². The van der Waals surface area contributed by atoms with Crippen molar-refractivity contribution in [1.29, 1.82) is 0 Å². The number of aryl methyl sites for hydroxylation is 2. The fourth-order valence-corrected chi connectivity index (χ4v) is 7.14. The standard InChI is InChI=1S/C32H37N3O6S/c1-6-41-25-15-16-34(29(18-25)23-9-11-24(12-10-23)32(36)40-5)20-28-27-19-33-35(31(27)22(3)17-30(28)39-4)42(37,38)26-13-7-21(2)8-14-26/h7-14,17,19,25,29H,6,15-16,18,20H2,1-5H3/t25-,29-/m0/s1. The number of esters is 1. The first-order valence-corrected chi connectivity index (χ1v) is 15.5. The number of fused-ring (bicyclic) bond motifs is 1. The van der Waals surface area contributed by atoms with E-state index in [2.05, 4.69) is 10.00 Å². The molecule has 1 saturated heterocycles. The SMILES string of the molecule is CCO[C@H]1CCN(Cc2c(OC)cc(C)c3c2cnn3S(=O)(=O)c2ccc(C)cc2)[C@H](c2ccc(C(=O)OC)cc2)C1. The zero-order valence-corrected chi connectivity index (χ0v) is 25.5. The Bertz CT molecular complexity index is 1680. The van der Waals surface area contributed by atoms with E-state index in [0.717, 1.165) is 51.1 Å². The number of likely N-dealkylation sites (tertiary alicyclic amines) is 1. The molecule has 42 heavy (non-hydrogen) atoms. The minimum atomic E-state index is -3.91. The van der Waals surface area contributed by atoms with Crippen LogP contribution >= 0.6 is 0 Å². The number of rotatable bonds is 9. The highest BCUT2D eigenvalue weighted by atomic mass is 32.2. The van der Waals surface area contributed by atoms with Crippen LogP contribution in [0.1, 0.15) is 58.4 Å². The minimum absolute atomic E-state index is 0.00870. The maximum atomic E-state index is 13.7. The van der Waals surface area contributed by atoms with Crippen molar-refractivity contribution in [3.8, 4) is 5.75 Å². The Hall–Kier alpha value is -3.73. The Labute approximate surface area is 247 Å². The molecule has 2 heterocycles. The van der Waals surface area contributed by atoms with Gasteiger partial charge in [-0.2, -0.15) is 17.6 Å². The maximum Gasteiger partial charge on any atom is 0.337 e. The Morgan fingerprint density at radius 2 is 1.76 bits per heavy atom. The van der Waals surface area contributed by atoms with Crippen molar-refractivity contribution < 1.29 is 27.4 Å². The molecular formula is C32H37N3O6S. The van der Waals surface area contributed by atoms with Gasteiger partial charge in [-0.05, 0) is 75.1 Å². The van der Waals surface area contributed by atoms with Crippen LogP contribution in [0.4, 0.5) is 0 Å². The molecule has 1 fully saturated rings. The number of piperidine rings is 1. The third-order valence-corrected chi connectivity index (χ3v) is 9.59. The van der Waals surface area contributed by atoms with Crippen molar-refractivity contribution in [3.63, 3.8) is 0 Å². The second kappa shape index (κ2) is 12.2. The number of carbonyl (C=O) groups is 1. The van der Waals surface area contributed by atoms with Crippen LogP contribution in [0.5, 0.6) is 5.75 Å². The van der Waals surface area contributed by atoms with Crippen molar-refractivity contribution in [1.82, 2.24) is 14.1 Å². The molecule has 222 valence electrons. The van der Waals surface area contributed by atoms with Crippen LogP contribution in [-0.4, -0.2) is 61.9 Å². The van der Waals surface area contributed by atoms with E-state index in [-0.39, 0.29) is 23.0 Å². The van der Waals surface area contributed by atoms with Crippen LogP contribution in [0.2, 0.25) is 0 Å². The number of aromatic nitrogens is 2. The second-order valence-corrected chi connectivity index (χ2v) is 12.4. The van der Waals surface area contributed by atoms with E-state index in [1.165, 1.54) is 7.11 Å². The third-order valence-electron chi connectivity index (χ3n) is 7.99. The molecule has 0 unspecified atom stereocenters. The lowest BCUT2D eigenvalue weighted by Crippen LogP contribution is -2.39. The van der Waals surface area contributed by atoms with Gasteiger partial charge in [0.1, 0.15) is 5.75 Å². The van der Waals surface area contributed by atoms with E-state index >= 15 is 0 Å². The molecular weight excluding hydrogens is 554 g/mol. The predicted molar refractivity (Wildman–Crippen MR) is 160 cm³/mol. The lowest BCUT2D eigenvalue weighted by atomic mass is 9.91. The van der Waals surface area contributed by atoms with Gasteiger partial charge in [-0.3, -0.25) is 4.90 Å². The summed E-state index contributed by atoms with van der Waals surface area (Å²) in [5, 5.41) is 5.13. The zero-order chi connectivity index (χ0) is 30.0. The van der Waals surface area contributed by atoms with Crippen LogP contribution in [0.3, 0.4) is 0 Å². The molecule has 1 aromatic heterocycles. The number of nitrogens with zero attached hydrogens (tertiary/aromatic N) is 3. The van der Waals surface area contributed by atoms with E-state index in [1.807, 2.05) is 39.0 Å². The van der Waals surface area contributed by atoms with Gasteiger partial charge in [-0.15, -0.1) is 0 Å². The number of hydrogen-bond donors (Lipinski definition) is 0. The van der Waals surface area contributed by atoms with Crippen molar-refractivity contribution in [2.24, 2.45) is 0 Å². The summed E-state index contributed by atoms with van der Waals surface area (Å²) in [5.41, 5.74) is 4.69. The molecule has 3 aromatic carbocycles. The van der Waals surface area contributed by atoms with E-state index in [0.29, 0.717) is 30.0 Å². The Kier molecular flexibility index (Phi) is 8.68. The van der Waals surface area contributed by atoms with Gasteiger partial charge in [0, 0.05) is 36.7 Å². The molecule has 5 rings (SSSR count). The summed E-state index contributed by atoms with van der Waals surface area (Å²) in [7, 11) is -0.917. The third kappa shape index (κ3) is 5.66. The predicted octanol–water partition coefficient (Wildman–Crippen LogP) is 5.43. The van der Waals surface area contributed by atoms with Gasteiger partial charge in [-0.1, -0.05) is 29.8 Å². The van der Waals surface area contributed by atoms with Gasteiger partial charge in [0.15, 0.2) is 0 Å². The number of methoxy groups -OCH3 is 2. The van der Waals surface area contributed by atoms with Crippen LogP contribution in [0, 0.1) is 13.8 Å². The van der Waals surface area contributed by atoms with Crippen LogP contribution in [0.25, 0.3) is 10.9 Å². The van der Waals surface area contributed by atoms with Crippen LogP contribution in [-0.2, 0) is 26.0 Å².